The smallest absolute Gasteiger partial charge is 0.338 e. The van der Waals surface area contributed by atoms with Crippen LogP contribution in [0.3, 0.4) is 0 Å². The lowest BCUT2D eigenvalue weighted by Crippen LogP contribution is -2.44. The van der Waals surface area contributed by atoms with Gasteiger partial charge in [-0.2, -0.15) is 0 Å². The monoisotopic (exact) mass is 625 g/mol. The second-order valence-electron chi connectivity index (χ2n) is 8.64. The fraction of sp³-hybridized carbons (Fsp3) is 0.241. The molecule has 1 N–H and O–H groups in total. The van der Waals surface area contributed by atoms with Crippen molar-refractivity contribution in [1.82, 2.24) is 4.90 Å². The number of ether oxygens (including phenoxy) is 3. The average Bonchev–Trinajstić information content (AvgIpc) is 2.95. The molecule has 9 nitrogen and oxygen atoms in total. The molecule has 0 bridgehead atoms. The van der Waals surface area contributed by atoms with E-state index in [0.717, 1.165) is 10.0 Å². The van der Waals surface area contributed by atoms with E-state index in [1.54, 1.807) is 74.6 Å². The summed E-state index contributed by atoms with van der Waals surface area (Å²) < 4.78 is 16.6. The Morgan fingerprint density at radius 3 is 2.48 bits per heavy atom. The van der Waals surface area contributed by atoms with Gasteiger partial charge in [0, 0.05) is 16.6 Å². The lowest BCUT2D eigenvalue weighted by molar-refractivity contribution is -0.129. The van der Waals surface area contributed by atoms with E-state index in [1.165, 1.54) is 11.8 Å². The number of anilines is 1. The van der Waals surface area contributed by atoms with Crippen LogP contribution in [0.4, 0.5) is 11.4 Å². The average molecular weight is 627 g/mol. The maximum atomic E-state index is 13.4. The number of nitrogens with one attached hydrogen (secondary N) is 1. The van der Waals surface area contributed by atoms with Gasteiger partial charge in [0.2, 0.25) is 11.8 Å². The highest BCUT2D eigenvalue weighted by molar-refractivity contribution is 9.10. The molecule has 3 aromatic rings. The molecule has 3 aromatic carbocycles. The molecule has 1 saturated heterocycles. The molecule has 0 saturated carbocycles. The Balaban J connectivity index is 1.63. The number of benzene rings is 3. The van der Waals surface area contributed by atoms with Crippen molar-refractivity contribution in [3.63, 3.8) is 0 Å². The number of methoxy groups -OCH3 is 2. The van der Waals surface area contributed by atoms with Crippen LogP contribution in [-0.2, 0) is 20.9 Å². The van der Waals surface area contributed by atoms with Gasteiger partial charge >= 0.3 is 5.97 Å². The molecule has 0 aliphatic carbocycles. The number of hydrogen-bond donors (Lipinski definition) is 1. The number of thioether (sulfide) groups is 1. The molecule has 4 rings (SSSR count). The van der Waals surface area contributed by atoms with Crippen molar-refractivity contribution in [3.8, 4) is 11.5 Å². The summed E-state index contributed by atoms with van der Waals surface area (Å²) in [6, 6.07) is 19.2. The van der Waals surface area contributed by atoms with Crippen LogP contribution in [0.1, 0.15) is 29.3 Å². The molecule has 208 valence electrons. The number of aliphatic imine (C=N–C) groups is 1. The zero-order valence-electron chi connectivity index (χ0n) is 22.2. The van der Waals surface area contributed by atoms with Crippen molar-refractivity contribution in [3.05, 3.63) is 82.3 Å². The summed E-state index contributed by atoms with van der Waals surface area (Å²) in [6.07, 6.45) is -0.00138. The number of esters is 1. The number of halogens is 1. The summed E-state index contributed by atoms with van der Waals surface area (Å²) in [6.45, 7) is 2.23. The summed E-state index contributed by atoms with van der Waals surface area (Å²) >= 11 is 4.61. The summed E-state index contributed by atoms with van der Waals surface area (Å²) in [4.78, 5) is 44.9. The molecule has 1 aliphatic heterocycles. The third-order valence-electron chi connectivity index (χ3n) is 5.92. The minimum atomic E-state index is -0.689. The molecule has 40 heavy (non-hydrogen) atoms. The number of carbonyl (C=O) groups is 3. The maximum absolute atomic E-state index is 13.4. The molecule has 1 atom stereocenters. The first kappa shape index (κ1) is 29.2. The summed E-state index contributed by atoms with van der Waals surface area (Å²) in [5.41, 5.74) is 2.34. The minimum absolute atomic E-state index is 0.00138. The highest BCUT2D eigenvalue weighted by atomic mass is 79.9. The molecule has 0 spiro atoms. The number of carbonyl (C=O) groups excluding carboxylic acids is 3. The molecule has 1 fully saturated rings. The van der Waals surface area contributed by atoms with E-state index in [-0.39, 0.29) is 31.4 Å². The standard InChI is InChI=1S/C29H28BrN3O6S/c1-4-39-28(36)19-9-11-21(12-10-19)32-29-33(17-18-8-13-23(37-2)24(14-18)38-3)26(34)16-25(40-29)27(35)31-22-7-5-6-20(30)15-22/h5-15,25H,4,16-17H2,1-3H3,(H,31,35). The third-order valence-corrected chi connectivity index (χ3v) is 7.60. The van der Waals surface area contributed by atoms with Crippen molar-refractivity contribution in [2.75, 3.05) is 26.1 Å². The zero-order valence-corrected chi connectivity index (χ0v) is 24.6. The third kappa shape index (κ3) is 7.22. The first-order valence-electron chi connectivity index (χ1n) is 12.4. The van der Waals surface area contributed by atoms with E-state index < -0.39 is 11.2 Å². The van der Waals surface area contributed by atoms with Crippen LogP contribution in [0, 0.1) is 0 Å². The highest BCUT2D eigenvalue weighted by Crippen LogP contribution is 2.33. The second kappa shape index (κ2) is 13.5. The summed E-state index contributed by atoms with van der Waals surface area (Å²) in [7, 11) is 3.10. The molecule has 0 aromatic heterocycles. The predicted octanol–water partition coefficient (Wildman–Crippen LogP) is 5.80. The van der Waals surface area contributed by atoms with Crippen LogP contribution < -0.4 is 14.8 Å². The Hall–Kier alpha value is -3.83. The number of hydrogen-bond acceptors (Lipinski definition) is 8. The Morgan fingerprint density at radius 2 is 1.80 bits per heavy atom. The van der Waals surface area contributed by atoms with E-state index in [1.807, 2.05) is 18.2 Å². The molecule has 1 aliphatic rings. The van der Waals surface area contributed by atoms with Gasteiger partial charge in [-0.3, -0.25) is 14.5 Å². The van der Waals surface area contributed by atoms with Gasteiger partial charge in [0.05, 0.1) is 38.6 Å². The van der Waals surface area contributed by atoms with Crippen LogP contribution in [0.2, 0.25) is 0 Å². The van der Waals surface area contributed by atoms with Gasteiger partial charge in [-0.1, -0.05) is 39.8 Å². The van der Waals surface area contributed by atoms with Crippen molar-refractivity contribution >= 4 is 62.0 Å². The molecule has 11 heteroatoms. The number of amidine groups is 1. The highest BCUT2D eigenvalue weighted by Gasteiger charge is 2.36. The Bertz CT molecular complexity index is 1430. The largest absolute Gasteiger partial charge is 0.493 e. The SMILES string of the molecule is CCOC(=O)c1ccc(N=C2SC(C(=O)Nc3cccc(Br)c3)CC(=O)N2Cc2ccc(OC)c(OC)c2)cc1. The first-order valence-corrected chi connectivity index (χ1v) is 14.1. The van der Waals surface area contributed by atoms with Gasteiger partial charge < -0.3 is 19.5 Å². The number of amides is 2. The lowest BCUT2D eigenvalue weighted by atomic mass is 10.1. The Morgan fingerprint density at radius 1 is 1.05 bits per heavy atom. The number of nitrogens with zero attached hydrogens (tertiary/aromatic N) is 2. The van der Waals surface area contributed by atoms with Crippen LogP contribution in [0.15, 0.2) is 76.2 Å². The van der Waals surface area contributed by atoms with Gasteiger partial charge in [0.25, 0.3) is 0 Å². The Labute approximate surface area is 245 Å². The Kier molecular flexibility index (Phi) is 9.84. The summed E-state index contributed by atoms with van der Waals surface area (Å²) in [5.74, 6) is 0.141. The van der Waals surface area contributed by atoms with Crippen molar-refractivity contribution in [2.45, 2.75) is 25.1 Å². The maximum Gasteiger partial charge on any atom is 0.338 e. The van der Waals surface area contributed by atoms with Gasteiger partial charge in [0.15, 0.2) is 16.7 Å². The van der Waals surface area contributed by atoms with Gasteiger partial charge in [-0.25, -0.2) is 9.79 Å². The topological polar surface area (TPSA) is 107 Å². The molecule has 0 radical (unpaired) electrons. The molecule has 2 amide bonds. The second-order valence-corrected chi connectivity index (χ2v) is 10.7. The molecular weight excluding hydrogens is 598 g/mol. The van der Waals surface area contributed by atoms with Crippen LogP contribution in [0.5, 0.6) is 11.5 Å². The van der Waals surface area contributed by atoms with Crippen molar-refractivity contribution in [2.24, 2.45) is 4.99 Å². The molecule has 1 unspecified atom stereocenters. The normalized spacial score (nSPS) is 16.0. The van der Waals surface area contributed by atoms with Crippen molar-refractivity contribution < 1.29 is 28.6 Å². The van der Waals surface area contributed by atoms with E-state index in [4.69, 9.17) is 19.2 Å². The van der Waals surface area contributed by atoms with Gasteiger partial charge in [0.1, 0.15) is 5.25 Å². The summed E-state index contributed by atoms with van der Waals surface area (Å²) in [5, 5.41) is 2.56. The lowest BCUT2D eigenvalue weighted by Gasteiger charge is -2.32. The minimum Gasteiger partial charge on any atom is -0.493 e. The molecule has 1 heterocycles. The van der Waals surface area contributed by atoms with Crippen molar-refractivity contribution in [1.29, 1.82) is 0 Å². The van der Waals surface area contributed by atoms with Gasteiger partial charge in [-0.15, -0.1) is 0 Å². The quantitative estimate of drug-likeness (QED) is 0.299. The van der Waals surface area contributed by atoms with E-state index in [0.29, 0.717) is 33.6 Å². The number of rotatable bonds is 9. The predicted molar refractivity (Wildman–Crippen MR) is 158 cm³/mol. The van der Waals surface area contributed by atoms with E-state index in [2.05, 4.69) is 21.2 Å². The van der Waals surface area contributed by atoms with Crippen LogP contribution in [0.25, 0.3) is 0 Å². The fourth-order valence-electron chi connectivity index (χ4n) is 3.94. The van der Waals surface area contributed by atoms with E-state index >= 15 is 0 Å². The first-order chi connectivity index (χ1) is 19.3. The van der Waals surface area contributed by atoms with Crippen LogP contribution >= 0.6 is 27.7 Å². The van der Waals surface area contributed by atoms with E-state index in [9.17, 15) is 14.4 Å². The van der Waals surface area contributed by atoms with Gasteiger partial charge in [-0.05, 0) is 67.1 Å². The van der Waals surface area contributed by atoms with Crippen LogP contribution in [-0.4, -0.2) is 53.9 Å². The fourth-order valence-corrected chi connectivity index (χ4v) is 5.44. The zero-order chi connectivity index (χ0) is 28.6. The molecular formula is C29H28BrN3O6S.